The summed E-state index contributed by atoms with van der Waals surface area (Å²) in [7, 11) is 1.81. The van der Waals surface area contributed by atoms with Gasteiger partial charge < -0.3 is 20.4 Å². The number of aliphatic imine (C=N–C) groups is 1. The number of piperazine rings is 1. The van der Waals surface area contributed by atoms with Gasteiger partial charge in [-0.25, -0.2) is 4.98 Å². The van der Waals surface area contributed by atoms with Crippen molar-refractivity contribution in [3.05, 3.63) is 46.3 Å². The number of guanidine groups is 1. The van der Waals surface area contributed by atoms with Gasteiger partial charge in [-0.2, -0.15) is 0 Å². The third-order valence-corrected chi connectivity index (χ3v) is 6.34. The smallest absolute Gasteiger partial charge is 0.191 e. The zero-order chi connectivity index (χ0) is 19.8. The van der Waals surface area contributed by atoms with Crippen molar-refractivity contribution in [2.24, 2.45) is 4.99 Å². The van der Waals surface area contributed by atoms with Gasteiger partial charge in [0.1, 0.15) is 5.82 Å². The summed E-state index contributed by atoms with van der Waals surface area (Å²) < 4.78 is 0. The van der Waals surface area contributed by atoms with E-state index in [9.17, 15) is 0 Å². The van der Waals surface area contributed by atoms with Gasteiger partial charge >= 0.3 is 0 Å². The van der Waals surface area contributed by atoms with Crippen LogP contribution >= 0.6 is 11.3 Å². The van der Waals surface area contributed by atoms with Crippen LogP contribution < -0.4 is 15.5 Å². The lowest BCUT2D eigenvalue weighted by molar-refractivity contribution is 0.270. The number of likely N-dealkylation sites (N-methyl/N-ethyl adjacent to an activating group) is 1. The monoisotopic (exact) mass is 400 g/mol. The standard InChI is InChI=1S/C21H32N6S/c1-4-26-9-11-27(12-10-26)20-8-7-18(15-23-20)16-25-21(22-3)24-14-17(2)19-6-5-13-28-19/h5-8,13,15,17H,4,9-12,14,16H2,1-3H3,(H2,22,24,25). The molecule has 1 unspecified atom stereocenters. The van der Waals surface area contributed by atoms with Gasteiger partial charge in [0.15, 0.2) is 5.96 Å². The highest BCUT2D eigenvalue weighted by Crippen LogP contribution is 2.19. The average Bonchev–Trinajstić information content (AvgIpc) is 3.29. The van der Waals surface area contributed by atoms with E-state index in [1.165, 1.54) is 4.88 Å². The normalized spacial score (nSPS) is 16.8. The van der Waals surface area contributed by atoms with E-state index in [1.807, 2.05) is 13.2 Å². The van der Waals surface area contributed by atoms with Gasteiger partial charge in [0.25, 0.3) is 0 Å². The summed E-state index contributed by atoms with van der Waals surface area (Å²) in [5.74, 6) is 2.36. The molecule has 1 aliphatic rings. The van der Waals surface area contributed by atoms with Crippen molar-refractivity contribution in [2.75, 3.05) is 51.2 Å². The average molecular weight is 401 g/mol. The van der Waals surface area contributed by atoms with Crippen LogP contribution in [0.1, 0.15) is 30.2 Å². The van der Waals surface area contributed by atoms with Gasteiger partial charge in [-0.3, -0.25) is 4.99 Å². The molecular weight excluding hydrogens is 368 g/mol. The number of hydrogen-bond acceptors (Lipinski definition) is 5. The van der Waals surface area contributed by atoms with Crippen molar-refractivity contribution in [3.8, 4) is 0 Å². The van der Waals surface area contributed by atoms with E-state index in [4.69, 9.17) is 0 Å². The summed E-state index contributed by atoms with van der Waals surface area (Å²) in [6.45, 7) is 11.5. The van der Waals surface area contributed by atoms with E-state index in [0.29, 0.717) is 12.5 Å². The Kier molecular flexibility index (Phi) is 7.68. The molecule has 6 nitrogen and oxygen atoms in total. The lowest BCUT2D eigenvalue weighted by Crippen LogP contribution is -2.46. The van der Waals surface area contributed by atoms with Crippen molar-refractivity contribution in [2.45, 2.75) is 26.3 Å². The Morgan fingerprint density at radius 2 is 2.04 bits per heavy atom. The molecule has 28 heavy (non-hydrogen) atoms. The molecule has 3 heterocycles. The molecule has 152 valence electrons. The predicted octanol–water partition coefficient (Wildman–Crippen LogP) is 2.75. The fraction of sp³-hybridized carbons (Fsp3) is 0.524. The van der Waals surface area contributed by atoms with Crippen molar-refractivity contribution in [1.29, 1.82) is 0 Å². The number of anilines is 1. The Morgan fingerprint density at radius 3 is 2.64 bits per heavy atom. The molecule has 2 aromatic heterocycles. The first-order chi connectivity index (χ1) is 13.7. The van der Waals surface area contributed by atoms with Gasteiger partial charge in [0.05, 0.1) is 0 Å². The van der Waals surface area contributed by atoms with Crippen LogP contribution in [0.15, 0.2) is 40.8 Å². The third kappa shape index (κ3) is 5.69. The van der Waals surface area contributed by atoms with E-state index in [2.05, 4.69) is 73.9 Å². The van der Waals surface area contributed by atoms with Crippen molar-refractivity contribution < 1.29 is 0 Å². The Morgan fingerprint density at radius 1 is 1.21 bits per heavy atom. The number of hydrogen-bond donors (Lipinski definition) is 2. The highest BCUT2D eigenvalue weighted by Gasteiger charge is 2.16. The molecule has 0 saturated carbocycles. The van der Waals surface area contributed by atoms with E-state index in [1.54, 1.807) is 11.3 Å². The Bertz CT molecular complexity index is 720. The quantitative estimate of drug-likeness (QED) is 0.553. The second-order valence-electron chi connectivity index (χ2n) is 7.17. The molecule has 0 radical (unpaired) electrons. The van der Waals surface area contributed by atoms with Gasteiger partial charge in [0, 0.05) is 63.3 Å². The third-order valence-electron chi connectivity index (χ3n) is 5.24. The zero-order valence-electron chi connectivity index (χ0n) is 17.2. The fourth-order valence-corrected chi connectivity index (χ4v) is 4.12. The summed E-state index contributed by atoms with van der Waals surface area (Å²) in [5.41, 5.74) is 1.16. The highest BCUT2D eigenvalue weighted by molar-refractivity contribution is 7.10. The molecule has 0 aliphatic carbocycles. The molecule has 2 aromatic rings. The van der Waals surface area contributed by atoms with Crippen LogP contribution in [0.3, 0.4) is 0 Å². The van der Waals surface area contributed by atoms with Crippen molar-refractivity contribution in [1.82, 2.24) is 20.5 Å². The van der Waals surface area contributed by atoms with Crippen LogP contribution in [0.25, 0.3) is 0 Å². The second-order valence-corrected chi connectivity index (χ2v) is 8.15. The Balaban J connectivity index is 1.44. The fourth-order valence-electron chi connectivity index (χ4n) is 3.33. The van der Waals surface area contributed by atoms with E-state index in [-0.39, 0.29) is 0 Å². The molecule has 3 rings (SSSR count). The lowest BCUT2D eigenvalue weighted by Gasteiger charge is -2.34. The number of aromatic nitrogens is 1. The molecule has 0 spiro atoms. The maximum Gasteiger partial charge on any atom is 0.191 e. The molecule has 1 fully saturated rings. The Labute approximate surface area is 172 Å². The molecule has 1 aliphatic heterocycles. The molecule has 1 atom stereocenters. The first kappa shape index (κ1) is 20.6. The van der Waals surface area contributed by atoms with Crippen LogP contribution in [0, 0.1) is 0 Å². The summed E-state index contributed by atoms with van der Waals surface area (Å²) in [5, 5.41) is 8.92. The van der Waals surface area contributed by atoms with Gasteiger partial charge in [-0.15, -0.1) is 11.3 Å². The maximum absolute atomic E-state index is 4.67. The highest BCUT2D eigenvalue weighted by atomic mass is 32.1. The minimum absolute atomic E-state index is 0.465. The van der Waals surface area contributed by atoms with E-state index < -0.39 is 0 Å². The zero-order valence-corrected chi connectivity index (χ0v) is 18.0. The summed E-state index contributed by atoms with van der Waals surface area (Å²) >= 11 is 1.80. The van der Waals surface area contributed by atoms with Gasteiger partial charge in [0.2, 0.25) is 0 Å². The van der Waals surface area contributed by atoms with Crippen LogP contribution in [0.5, 0.6) is 0 Å². The summed E-state index contributed by atoms with van der Waals surface area (Å²) in [6, 6.07) is 8.57. The number of pyridine rings is 1. The lowest BCUT2D eigenvalue weighted by atomic mass is 10.1. The first-order valence-corrected chi connectivity index (χ1v) is 11.0. The molecule has 0 amide bonds. The SMILES string of the molecule is CCN1CCN(c2ccc(CNC(=NC)NCC(C)c3cccs3)cn2)CC1. The van der Waals surface area contributed by atoms with Crippen LogP contribution in [-0.2, 0) is 6.54 Å². The van der Waals surface area contributed by atoms with Crippen LogP contribution in [0.2, 0.25) is 0 Å². The topological polar surface area (TPSA) is 55.8 Å². The summed E-state index contributed by atoms with van der Waals surface area (Å²) in [6.07, 6.45) is 1.97. The minimum atomic E-state index is 0.465. The van der Waals surface area contributed by atoms with E-state index >= 15 is 0 Å². The predicted molar refractivity (Wildman–Crippen MR) is 119 cm³/mol. The molecular formula is C21H32N6S. The molecule has 0 bridgehead atoms. The van der Waals surface area contributed by atoms with Crippen molar-refractivity contribution in [3.63, 3.8) is 0 Å². The molecule has 7 heteroatoms. The molecule has 2 N–H and O–H groups in total. The van der Waals surface area contributed by atoms with Crippen LogP contribution in [-0.4, -0.2) is 62.2 Å². The number of rotatable bonds is 7. The largest absolute Gasteiger partial charge is 0.356 e. The number of nitrogens with zero attached hydrogens (tertiary/aromatic N) is 4. The maximum atomic E-state index is 4.67. The van der Waals surface area contributed by atoms with E-state index in [0.717, 1.165) is 56.6 Å². The first-order valence-electron chi connectivity index (χ1n) is 10.1. The van der Waals surface area contributed by atoms with Gasteiger partial charge in [-0.1, -0.05) is 26.0 Å². The summed E-state index contributed by atoms with van der Waals surface area (Å²) in [4.78, 5) is 15.2. The van der Waals surface area contributed by atoms with Crippen molar-refractivity contribution >= 4 is 23.1 Å². The second kappa shape index (κ2) is 10.4. The van der Waals surface area contributed by atoms with Crippen LogP contribution in [0.4, 0.5) is 5.82 Å². The number of nitrogens with one attached hydrogen (secondary N) is 2. The van der Waals surface area contributed by atoms with Gasteiger partial charge in [-0.05, 0) is 29.6 Å². The molecule has 1 saturated heterocycles. The minimum Gasteiger partial charge on any atom is -0.356 e. The Hall–Kier alpha value is -2.12. The molecule has 0 aromatic carbocycles. The number of thiophene rings is 1.